The highest BCUT2D eigenvalue weighted by Crippen LogP contribution is 2.50. The molecule has 0 rings (SSSR count). The molecule has 0 aliphatic rings. The lowest BCUT2D eigenvalue weighted by molar-refractivity contribution is 1.75. The highest BCUT2D eigenvalue weighted by molar-refractivity contribution is 8.22. The maximum absolute atomic E-state index is 7.86. The Balaban J connectivity index is 6.94. The van der Waals surface area contributed by atoms with E-state index in [0.717, 1.165) is 0 Å². The minimum Gasteiger partial charge on any atom is -0.155 e. The quantitative estimate of drug-likeness (QED) is 0.289. The van der Waals surface area contributed by atoms with Crippen molar-refractivity contribution in [3.63, 3.8) is 0 Å². The second kappa shape index (κ2) is 6.61. The molecule has 0 saturated heterocycles. The van der Waals surface area contributed by atoms with Crippen molar-refractivity contribution in [3.05, 3.63) is 0 Å². The summed E-state index contributed by atoms with van der Waals surface area (Å²) in [6.07, 6.45) is 0. The van der Waals surface area contributed by atoms with Crippen LogP contribution in [-0.4, -0.2) is 49.3 Å². The second-order valence-corrected chi connectivity index (χ2v) is 94.3. The predicted molar refractivity (Wildman–Crippen MR) is 134 cm³/mol. The first-order valence-electron chi connectivity index (χ1n) is 8.88. The van der Waals surface area contributed by atoms with Crippen molar-refractivity contribution < 1.29 is 0 Å². The molecule has 0 aromatic rings. The molecule has 0 aromatic heterocycles. The molecule has 0 amide bonds. The summed E-state index contributed by atoms with van der Waals surface area (Å²) in [5, 5.41) is 0. The van der Waals surface area contributed by atoms with Gasteiger partial charge < -0.3 is 0 Å². The molecule has 140 valence electrons. The third-order valence-corrected chi connectivity index (χ3v) is 176. The van der Waals surface area contributed by atoms with Crippen LogP contribution in [0.4, 0.5) is 0 Å². The van der Waals surface area contributed by atoms with Crippen LogP contribution in [0.25, 0.3) is 0 Å². The number of hydrogen-bond acceptors (Lipinski definition) is 0. The molecule has 0 spiro atoms. The Morgan fingerprint density at radius 1 is 0.348 bits per heavy atom. The van der Waals surface area contributed by atoms with Gasteiger partial charge in [0.1, 0.15) is 0 Å². The third-order valence-electron chi connectivity index (χ3n) is 7.26. The van der Waals surface area contributed by atoms with Crippen molar-refractivity contribution in [2.45, 2.75) is 91.7 Å². The van der Waals surface area contributed by atoms with Crippen LogP contribution in [0, 0.1) is 0 Å². The van der Waals surface area contributed by atoms with Crippen molar-refractivity contribution in [1.82, 2.24) is 0 Å². The summed E-state index contributed by atoms with van der Waals surface area (Å²) < 4.78 is 0. The van der Waals surface area contributed by atoms with Crippen LogP contribution in [0.5, 0.6) is 0 Å². The molecule has 0 nitrogen and oxygen atoms in total. The van der Waals surface area contributed by atoms with E-state index in [4.69, 9.17) is 22.2 Å². The van der Waals surface area contributed by atoms with E-state index in [2.05, 4.69) is 91.7 Å². The lowest BCUT2D eigenvalue weighted by Crippen LogP contribution is -2.94. The molecule has 0 N–H and O–H groups in total. The van der Waals surface area contributed by atoms with Gasteiger partial charge in [-0.05, 0) is 0 Å². The fourth-order valence-electron chi connectivity index (χ4n) is 4.63. The van der Waals surface area contributed by atoms with Crippen LogP contribution in [-0.2, 0) is 0 Å². The van der Waals surface area contributed by atoms with Crippen molar-refractivity contribution in [3.8, 4) is 0 Å². The molecule has 0 unspecified atom stereocenters. The van der Waals surface area contributed by atoms with E-state index in [1.54, 1.807) is 0 Å². The SMILES string of the molecule is C[Si](C)(C)[Si](C)([Si](C)(C)C)[Si](Cl)(Cl)[Si](C)([Si](C)(C)C)[Si](C)(C)C. The highest BCUT2D eigenvalue weighted by Gasteiger charge is 2.75. The van der Waals surface area contributed by atoms with Crippen molar-refractivity contribution in [1.29, 1.82) is 0 Å². The lowest BCUT2D eigenvalue weighted by atomic mass is 11.8. The molecule has 0 atom stereocenters. The fraction of sp³-hybridized carbons (Fsp3) is 1.00. The summed E-state index contributed by atoms with van der Waals surface area (Å²) in [5.74, 6) is 0. The number of rotatable bonds is 6. The monoisotopic (exact) mass is 476 g/mol. The molecular formula is C14H42Cl2Si7. The van der Waals surface area contributed by atoms with Crippen LogP contribution in [0.2, 0.25) is 91.7 Å². The zero-order valence-electron chi connectivity index (χ0n) is 18.3. The Bertz CT molecular complexity index is 368. The van der Waals surface area contributed by atoms with Gasteiger partial charge in [-0.25, -0.2) is 0 Å². The second-order valence-electron chi connectivity index (χ2n) is 11.8. The molecule has 23 heavy (non-hydrogen) atoms. The topological polar surface area (TPSA) is 0 Å². The van der Waals surface area contributed by atoms with E-state index in [9.17, 15) is 0 Å². The zero-order valence-corrected chi connectivity index (χ0v) is 26.8. The van der Waals surface area contributed by atoms with E-state index in [-0.39, 0.29) is 0 Å². The Morgan fingerprint density at radius 3 is 0.565 bits per heavy atom. The average Bonchev–Trinajstić information content (AvgIpc) is 2.19. The summed E-state index contributed by atoms with van der Waals surface area (Å²) in [5.41, 5.74) is -2.28. The summed E-state index contributed by atoms with van der Waals surface area (Å²) in [6, 6.07) is 0. The first-order chi connectivity index (χ1) is 9.50. The van der Waals surface area contributed by atoms with Crippen LogP contribution < -0.4 is 0 Å². The van der Waals surface area contributed by atoms with E-state index in [0.29, 0.717) is 0 Å². The minimum absolute atomic E-state index is 1.37. The molecule has 9 heteroatoms. The zero-order chi connectivity index (χ0) is 19.5. The standard InChI is InChI=1S/C14H42Cl2Si7/c1-17(2,3)21(13,18(4,5)6)23(15,16)22(14,19(7,8)9)20(10,11)12/h1-14H3. The maximum atomic E-state index is 7.86. The van der Waals surface area contributed by atoms with Crippen molar-refractivity contribution in [2.75, 3.05) is 0 Å². The molecule has 0 radical (unpaired) electrons. The summed E-state index contributed by atoms with van der Waals surface area (Å²) in [4.78, 5) is 0. The van der Waals surface area contributed by atoms with Gasteiger partial charge in [0, 0.05) is 30.4 Å². The van der Waals surface area contributed by atoms with Crippen LogP contribution in [0.1, 0.15) is 0 Å². The van der Waals surface area contributed by atoms with Crippen LogP contribution in [0.15, 0.2) is 0 Å². The van der Waals surface area contributed by atoms with Gasteiger partial charge in [-0.1, -0.05) is 91.7 Å². The molecule has 0 fully saturated rings. The predicted octanol–water partition coefficient (Wildman–Crippen LogP) is 6.89. The minimum atomic E-state index is -2.28. The van der Waals surface area contributed by atoms with E-state index in [1.165, 1.54) is 0 Å². The van der Waals surface area contributed by atoms with Crippen molar-refractivity contribution in [2.24, 2.45) is 0 Å². The van der Waals surface area contributed by atoms with Crippen molar-refractivity contribution >= 4 is 71.5 Å². The molecule has 0 aliphatic carbocycles. The summed E-state index contributed by atoms with van der Waals surface area (Å²) >= 11 is 15.7. The largest absolute Gasteiger partial charge is 0.218 e. The van der Waals surface area contributed by atoms with Gasteiger partial charge in [0.05, 0.1) is 13.3 Å². The highest BCUT2D eigenvalue weighted by atomic mass is 35.7. The summed E-state index contributed by atoms with van der Waals surface area (Å²) in [7, 11) is -5.49. The van der Waals surface area contributed by atoms with Gasteiger partial charge in [-0.2, -0.15) is 22.2 Å². The fourth-order valence-corrected chi connectivity index (χ4v) is 267. The third kappa shape index (κ3) is 3.74. The summed E-state index contributed by atoms with van der Waals surface area (Å²) in [6.45, 7) is 33.1. The Morgan fingerprint density at radius 2 is 0.478 bits per heavy atom. The van der Waals surface area contributed by atoms with Gasteiger partial charge in [0.15, 0.2) is 0 Å². The molecule has 0 aromatic carbocycles. The number of hydrogen-bond donors (Lipinski definition) is 0. The molecule has 0 aliphatic heterocycles. The number of halogens is 2. The molecule has 0 saturated carbocycles. The lowest BCUT2D eigenvalue weighted by Gasteiger charge is -2.63. The molecule has 0 bridgehead atoms. The van der Waals surface area contributed by atoms with Gasteiger partial charge in [0.2, 0.25) is 5.73 Å². The van der Waals surface area contributed by atoms with Crippen LogP contribution in [0.3, 0.4) is 0 Å². The Labute approximate surface area is 162 Å². The first-order valence-corrected chi connectivity index (χ1v) is 37.9. The van der Waals surface area contributed by atoms with Crippen LogP contribution >= 0.6 is 22.2 Å². The molecule has 0 heterocycles. The van der Waals surface area contributed by atoms with E-state index >= 15 is 0 Å². The first kappa shape index (κ1) is 25.1. The van der Waals surface area contributed by atoms with Gasteiger partial charge >= 0.3 is 0 Å². The van der Waals surface area contributed by atoms with E-state index < -0.39 is 49.3 Å². The van der Waals surface area contributed by atoms with E-state index in [1.807, 2.05) is 0 Å². The van der Waals surface area contributed by atoms with Gasteiger partial charge in [-0.15, -0.1) is 0 Å². The molecular weight excluding hydrogens is 436 g/mol. The normalized spacial score (nSPS) is 16.7. The van der Waals surface area contributed by atoms with Gasteiger partial charge in [0.25, 0.3) is 0 Å². The smallest absolute Gasteiger partial charge is 0.155 e. The Hall–Kier alpha value is 2.10. The maximum Gasteiger partial charge on any atom is 0.218 e. The van der Waals surface area contributed by atoms with Gasteiger partial charge in [-0.3, -0.25) is 0 Å². The Kier molecular flexibility index (Phi) is 7.21. The average molecular weight is 478 g/mol.